The van der Waals surface area contributed by atoms with E-state index >= 15 is 0 Å². The quantitative estimate of drug-likeness (QED) is 0.183. The van der Waals surface area contributed by atoms with E-state index in [1.54, 1.807) is 19.1 Å². The van der Waals surface area contributed by atoms with Gasteiger partial charge >= 0.3 is 35.5 Å². The van der Waals surface area contributed by atoms with Crippen molar-refractivity contribution in [1.82, 2.24) is 4.90 Å². The second-order valence-electron chi connectivity index (χ2n) is 7.40. The molecule has 6 nitrogen and oxygen atoms in total. The average Bonchev–Trinajstić information content (AvgIpc) is 2.70. The molecule has 0 saturated carbocycles. The molecule has 0 spiro atoms. The summed E-state index contributed by atoms with van der Waals surface area (Å²) in [5.74, 6) is -0.210. The maximum Gasteiger partial charge on any atom is 1.00 e. The molecule has 174 valence electrons. The first kappa shape index (κ1) is 31.2. The number of halogens is 1. The van der Waals surface area contributed by atoms with Gasteiger partial charge in [0, 0.05) is 31.0 Å². The molecule has 2 atom stereocenters. The van der Waals surface area contributed by atoms with E-state index in [1.807, 2.05) is 29.2 Å². The first-order valence-corrected chi connectivity index (χ1v) is 11.0. The van der Waals surface area contributed by atoms with Gasteiger partial charge in [-0.25, -0.2) is 4.79 Å². The van der Waals surface area contributed by atoms with Crippen LogP contribution in [0.2, 0.25) is 5.02 Å². The smallest absolute Gasteiger partial charge is 0.464 e. The minimum Gasteiger partial charge on any atom is -0.464 e. The molecule has 1 fully saturated rings. The Morgan fingerprint density at radius 1 is 1.38 bits per heavy atom. The standard InChI is InChI=1S/C23H32ClNO5.BH4.Na/c1-2-30-23(28)17-29-14-4-3-13-25-20(9-6-10-22(25)27)11-12-21(26)16-18-7-5-8-19(24)15-18;;/h5,7-8,11-12,15,20-21,26H,2-4,6,9-10,13-14,16-17H2,1H3;1H4;/q;-1;+1/t20-,21?;;/m1../s1. The summed E-state index contributed by atoms with van der Waals surface area (Å²) in [5, 5.41) is 11.0. The molecule has 1 aromatic rings. The van der Waals surface area contributed by atoms with Gasteiger partial charge in [0.1, 0.15) is 6.61 Å². The predicted octanol–water partition coefficient (Wildman–Crippen LogP) is -0.907. The molecule has 1 unspecified atom stereocenters. The summed E-state index contributed by atoms with van der Waals surface area (Å²) in [6.45, 7) is 3.17. The Hall–Kier alpha value is -0.825. The first-order chi connectivity index (χ1) is 14.5. The van der Waals surface area contributed by atoms with Gasteiger partial charge in [0.2, 0.25) is 5.91 Å². The van der Waals surface area contributed by atoms with Gasteiger partial charge in [0.15, 0.2) is 0 Å². The number of rotatable bonds is 12. The largest absolute Gasteiger partial charge is 1.00 e. The van der Waals surface area contributed by atoms with Crippen LogP contribution in [0.3, 0.4) is 0 Å². The summed E-state index contributed by atoms with van der Waals surface area (Å²) in [7, 11) is 0. The number of piperidine rings is 1. The van der Waals surface area contributed by atoms with Gasteiger partial charge in [-0.1, -0.05) is 44.3 Å². The van der Waals surface area contributed by atoms with Crippen LogP contribution in [0.4, 0.5) is 0 Å². The third-order valence-corrected chi connectivity index (χ3v) is 5.20. The summed E-state index contributed by atoms with van der Waals surface area (Å²) < 4.78 is 10.1. The molecule has 1 N–H and O–H groups in total. The number of aliphatic hydroxyl groups is 1. The van der Waals surface area contributed by atoms with Crippen molar-refractivity contribution in [3.63, 3.8) is 0 Å². The number of likely N-dealkylation sites (tertiary alicyclic amines) is 1. The zero-order valence-corrected chi connectivity index (χ0v) is 21.4. The summed E-state index contributed by atoms with van der Waals surface area (Å²) >= 11 is 6.00. The molecule has 0 bridgehead atoms. The number of benzene rings is 1. The van der Waals surface area contributed by atoms with E-state index in [2.05, 4.69) is 0 Å². The van der Waals surface area contributed by atoms with E-state index in [9.17, 15) is 14.7 Å². The minimum atomic E-state index is -0.626. The van der Waals surface area contributed by atoms with E-state index in [0.29, 0.717) is 37.6 Å². The minimum absolute atomic E-state index is 0. The zero-order valence-electron chi connectivity index (χ0n) is 18.6. The normalized spacial score (nSPS) is 16.9. The Labute approximate surface area is 220 Å². The number of aliphatic hydroxyl groups excluding tert-OH is 1. The Morgan fingerprint density at radius 2 is 2.16 bits per heavy atom. The van der Waals surface area contributed by atoms with Crippen molar-refractivity contribution in [1.29, 1.82) is 0 Å². The van der Waals surface area contributed by atoms with E-state index < -0.39 is 6.10 Å². The molecule has 1 saturated heterocycles. The molecule has 1 heterocycles. The first-order valence-electron chi connectivity index (χ1n) is 10.6. The third-order valence-electron chi connectivity index (χ3n) is 4.96. The van der Waals surface area contributed by atoms with Gasteiger partial charge in [-0.3, -0.25) is 4.79 Å². The van der Waals surface area contributed by atoms with Gasteiger partial charge < -0.3 is 19.5 Å². The third kappa shape index (κ3) is 11.9. The van der Waals surface area contributed by atoms with Gasteiger partial charge in [-0.05, 0) is 50.3 Å². The number of hydrogen-bond acceptors (Lipinski definition) is 5. The molecule has 0 radical (unpaired) electrons. The van der Waals surface area contributed by atoms with Crippen LogP contribution < -0.4 is 29.6 Å². The van der Waals surface area contributed by atoms with E-state index in [4.69, 9.17) is 21.1 Å². The molecule has 1 aliphatic heterocycles. The number of hydrogen-bond donors (Lipinski definition) is 1. The molecule has 1 amide bonds. The monoisotopic (exact) mass is 475 g/mol. The summed E-state index contributed by atoms with van der Waals surface area (Å²) in [6.07, 6.45) is 7.45. The van der Waals surface area contributed by atoms with Crippen molar-refractivity contribution < 1.29 is 53.7 Å². The van der Waals surface area contributed by atoms with Crippen molar-refractivity contribution >= 4 is 31.9 Å². The van der Waals surface area contributed by atoms with E-state index in [-0.39, 0.29) is 62.5 Å². The molecule has 0 aromatic heterocycles. The number of carbonyl (C=O) groups is 2. The summed E-state index contributed by atoms with van der Waals surface area (Å²) in [6, 6.07) is 7.45. The topological polar surface area (TPSA) is 76.1 Å². The number of esters is 1. The van der Waals surface area contributed by atoms with E-state index in [0.717, 1.165) is 31.2 Å². The van der Waals surface area contributed by atoms with Crippen LogP contribution in [0.15, 0.2) is 36.4 Å². The number of carbonyl (C=O) groups excluding carboxylic acids is 2. The molecular weight excluding hydrogens is 440 g/mol. The van der Waals surface area contributed by atoms with Gasteiger partial charge in [-0.15, -0.1) is 0 Å². The Bertz CT molecular complexity index is 721. The SMILES string of the molecule is CCOC(=O)COCCCCN1C(=O)CCC[C@@H]1C=CC(O)Cc1cccc(Cl)c1.[BH4-].[Na+]. The van der Waals surface area contributed by atoms with Gasteiger partial charge in [-0.2, -0.15) is 0 Å². The molecule has 0 aliphatic carbocycles. The molecule has 32 heavy (non-hydrogen) atoms. The van der Waals surface area contributed by atoms with Crippen LogP contribution in [0.5, 0.6) is 0 Å². The van der Waals surface area contributed by atoms with Crippen LogP contribution in [0.1, 0.15) is 44.6 Å². The fraction of sp³-hybridized carbons (Fsp3) is 0.565. The fourth-order valence-corrected chi connectivity index (χ4v) is 3.72. The van der Waals surface area contributed by atoms with Crippen LogP contribution >= 0.6 is 11.6 Å². The Morgan fingerprint density at radius 3 is 2.88 bits per heavy atom. The second-order valence-corrected chi connectivity index (χ2v) is 7.83. The maximum absolute atomic E-state index is 12.4. The van der Waals surface area contributed by atoms with Crippen LogP contribution in [-0.4, -0.2) is 68.8 Å². The van der Waals surface area contributed by atoms with Crippen LogP contribution in [-0.2, 0) is 25.5 Å². The Kier molecular flexibility index (Phi) is 17.2. The van der Waals surface area contributed by atoms with Crippen molar-refractivity contribution in [3.05, 3.63) is 47.0 Å². The fourth-order valence-electron chi connectivity index (χ4n) is 3.51. The average molecular weight is 476 g/mol. The number of nitrogens with zero attached hydrogens (tertiary/aromatic N) is 1. The molecule has 1 aromatic carbocycles. The molecular formula is C23H36BClNNaO5. The van der Waals surface area contributed by atoms with Gasteiger partial charge in [0.25, 0.3) is 0 Å². The van der Waals surface area contributed by atoms with Crippen molar-refractivity contribution in [2.24, 2.45) is 0 Å². The van der Waals surface area contributed by atoms with Crippen LogP contribution in [0.25, 0.3) is 0 Å². The van der Waals surface area contributed by atoms with E-state index in [1.165, 1.54) is 0 Å². The zero-order chi connectivity index (χ0) is 21.8. The predicted molar refractivity (Wildman–Crippen MR) is 128 cm³/mol. The van der Waals surface area contributed by atoms with Crippen molar-refractivity contribution in [2.45, 2.75) is 57.6 Å². The second kappa shape index (κ2) is 17.6. The van der Waals surface area contributed by atoms with Crippen LogP contribution in [0, 0.1) is 0 Å². The molecule has 2 rings (SSSR count). The molecule has 1 aliphatic rings. The number of amides is 1. The van der Waals surface area contributed by atoms with Crippen molar-refractivity contribution in [3.8, 4) is 0 Å². The maximum atomic E-state index is 12.4. The number of ether oxygens (including phenoxy) is 2. The van der Waals surface area contributed by atoms with Gasteiger partial charge in [0.05, 0.1) is 18.8 Å². The Balaban J connectivity index is 0.00000480. The molecule has 9 heteroatoms. The summed E-state index contributed by atoms with van der Waals surface area (Å²) in [5.41, 5.74) is 0.971. The summed E-state index contributed by atoms with van der Waals surface area (Å²) in [4.78, 5) is 25.5. The van der Waals surface area contributed by atoms with Crippen molar-refractivity contribution in [2.75, 3.05) is 26.4 Å². The number of unbranched alkanes of at least 4 members (excludes halogenated alkanes) is 1.